The van der Waals surface area contributed by atoms with E-state index in [2.05, 4.69) is 22.9 Å². The van der Waals surface area contributed by atoms with Gasteiger partial charge < -0.3 is 5.73 Å². The maximum absolute atomic E-state index is 13.2. The minimum Gasteiger partial charge on any atom is -0.326 e. The summed E-state index contributed by atoms with van der Waals surface area (Å²) in [6.07, 6.45) is 0.807. The molecule has 1 fully saturated rings. The van der Waals surface area contributed by atoms with E-state index in [-0.39, 0.29) is 11.9 Å². The quantitative estimate of drug-likeness (QED) is 0.900. The summed E-state index contributed by atoms with van der Waals surface area (Å²) in [6, 6.07) is 5.29. The molecule has 0 saturated carbocycles. The standard InChI is InChI=1S/C13H17BrFNS2/c1-8-13(18-5-4-17-8)12(16)7-9-2-3-11(15)10(14)6-9/h2-3,6,8,12-13H,4-5,7,16H2,1H3. The van der Waals surface area contributed by atoms with Gasteiger partial charge >= 0.3 is 0 Å². The van der Waals surface area contributed by atoms with Gasteiger partial charge in [0.05, 0.1) is 4.47 Å². The molecule has 1 aromatic carbocycles. The van der Waals surface area contributed by atoms with Gasteiger partial charge in [-0.15, -0.1) is 0 Å². The van der Waals surface area contributed by atoms with Crippen LogP contribution in [0.3, 0.4) is 0 Å². The number of nitrogens with two attached hydrogens (primary N) is 1. The molecule has 0 spiro atoms. The average molecular weight is 350 g/mol. The molecule has 2 N–H and O–H groups in total. The predicted molar refractivity (Wildman–Crippen MR) is 83.9 cm³/mol. The van der Waals surface area contributed by atoms with Crippen molar-refractivity contribution in [1.29, 1.82) is 0 Å². The van der Waals surface area contributed by atoms with Crippen molar-refractivity contribution in [3.8, 4) is 0 Å². The SMILES string of the molecule is CC1SCCSC1C(N)Cc1ccc(F)c(Br)c1. The molecule has 18 heavy (non-hydrogen) atoms. The molecule has 1 aliphatic rings. The lowest BCUT2D eigenvalue weighted by molar-refractivity contribution is 0.609. The van der Waals surface area contributed by atoms with Crippen molar-refractivity contribution in [3.05, 3.63) is 34.1 Å². The fourth-order valence-electron chi connectivity index (χ4n) is 2.18. The lowest BCUT2D eigenvalue weighted by atomic mass is 10.0. The Balaban J connectivity index is 2.01. The van der Waals surface area contributed by atoms with E-state index in [4.69, 9.17) is 5.73 Å². The second-order valence-electron chi connectivity index (χ2n) is 4.53. The monoisotopic (exact) mass is 349 g/mol. The van der Waals surface area contributed by atoms with Crippen molar-refractivity contribution in [1.82, 2.24) is 0 Å². The first kappa shape index (κ1) is 14.7. The van der Waals surface area contributed by atoms with Gasteiger partial charge in [-0.05, 0) is 40.0 Å². The number of rotatable bonds is 3. The van der Waals surface area contributed by atoms with E-state index >= 15 is 0 Å². The van der Waals surface area contributed by atoms with Gasteiger partial charge in [-0.3, -0.25) is 0 Å². The van der Waals surface area contributed by atoms with Crippen LogP contribution in [0.2, 0.25) is 0 Å². The van der Waals surface area contributed by atoms with E-state index in [0.29, 0.717) is 15.0 Å². The van der Waals surface area contributed by atoms with Crippen molar-refractivity contribution in [2.75, 3.05) is 11.5 Å². The van der Waals surface area contributed by atoms with Crippen LogP contribution in [0, 0.1) is 5.82 Å². The zero-order valence-electron chi connectivity index (χ0n) is 10.2. The highest BCUT2D eigenvalue weighted by molar-refractivity contribution is 9.10. The first-order valence-corrected chi connectivity index (χ1v) is 8.89. The molecule has 1 nitrogen and oxygen atoms in total. The third-order valence-corrected chi connectivity index (χ3v) is 6.99. The lowest BCUT2D eigenvalue weighted by Crippen LogP contribution is -2.42. The summed E-state index contributed by atoms with van der Waals surface area (Å²) in [6.45, 7) is 2.25. The van der Waals surface area contributed by atoms with Gasteiger partial charge in [0.1, 0.15) is 5.82 Å². The highest BCUT2D eigenvalue weighted by Gasteiger charge is 2.28. The summed E-state index contributed by atoms with van der Waals surface area (Å²) < 4.78 is 13.7. The third kappa shape index (κ3) is 3.65. The summed E-state index contributed by atoms with van der Waals surface area (Å²) in [4.78, 5) is 0. The van der Waals surface area contributed by atoms with E-state index in [9.17, 15) is 4.39 Å². The van der Waals surface area contributed by atoms with Crippen molar-refractivity contribution in [2.24, 2.45) is 5.73 Å². The zero-order chi connectivity index (χ0) is 13.1. The molecule has 1 aromatic rings. The average Bonchev–Trinajstić information content (AvgIpc) is 2.34. The van der Waals surface area contributed by atoms with Gasteiger partial charge in [0, 0.05) is 28.0 Å². The van der Waals surface area contributed by atoms with E-state index < -0.39 is 0 Å². The maximum Gasteiger partial charge on any atom is 0.137 e. The summed E-state index contributed by atoms with van der Waals surface area (Å²) in [5, 5.41) is 1.09. The molecule has 100 valence electrons. The van der Waals surface area contributed by atoms with Crippen molar-refractivity contribution in [2.45, 2.75) is 29.9 Å². The molecular weight excluding hydrogens is 333 g/mol. The van der Waals surface area contributed by atoms with Crippen LogP contribution in [0.5, 0.6) is 0 Å². The third-order valence-electron chi connectivity index (χ3n) is 3.11. The maximum atomic E-state index is 13.2. The second kappa shape index (κ2) is 6.64. The van der Waals surface area contributed by atoms with Crippen LogP contribution in [0.4, 0.5) is 4.39 Å². The Morgan fingerprint density at radius 3 is 2.83 bits per heavy atom. The fourth-order valence-corrected chi connectivity index (χ4v) is 5.49. The van der Waals surface area contributed by atoms with E-state index in [1.54, 1.807) is 0 Å². The van der Waals surface area contributed by atoms with Crippen LogP contribution in [0.1, 0.15) is 12.5 Å². The van der Waals surface area contributed by atoms with Crippen LogP contribution < -0.4 is 5.73 Å². The van der Waals surface area contributed by atoms with Crippen LogP contribution in [0.15, 0.2) is 22.7 Å². The number of halogens is 2. The molecule has 3 atom stereocenters. The first-order chi connectivity index (χ1) is 8.58. The van der Waals surface area contributed by atoms with Crippen LogP contribution in [-0.4, -0.2) is 28.0 Å². The molecule has 0 amide bonds. The van der Waals surface area contributed by atoms with Gasteiger partial charge in [0.2, 0.25) is 0 Å². The van der Waals surface area contributed by atoms with Gasteiger partial charge in [0.15, 0.2) is 0 Å². The van der Waals surface area contributed by atoms with Crippen LogP contribution in [-0.2, 0) is 6.42 Å². The fraction of sp³-hybridized carbons (Fsp3) is 0.538. The summed E-state index contributed by atoms with van der Waals surface area (Å²) in [5.41, 5.74) is 7.41. The Hall–Kier alpha value is 0.290. The number of hydrogen-bond donors (Lipinski definition) is 1. The Morgan fingerprint density at radius 1 is 1.44 bits per heavy atom. The minimum atomic E-state index is -0.219. The minimum absolute atomic E-state index is 0.134. The Labute approximate surface area is 125 Å². The molecule has 2 rings (SSSR count). The Bertz CT molecular complexity index is 416. The molecule has 5 heteroatoms. The molecule has 0 aliphatic carbocycles. The smallest absolute Gasteiger partial charge is 0.137 e. The number of hydrogen-bond acceptors (Lipinski definition) is 3. The van der Waals surface area contributed by atoms with Crippen molar-refractivity contribution in [3.63, 3.8) is 0 Å². The van der Waals surface area contributed by atoms with Crippen LogP contribution in [0.25, 0.3) is 0 Å². The molecule has 0 radical (unpaired) electrons. The molecule has 3 unspecified atom stereocenters. The summed E-state index contributed by atoms with van der Waals surface area (Å²) >= 11 is 7.19. The Kier molecular flexibility index (Phi) is 5.42. The van der Waals surface area contributed by atoms with Crippen molar-refractivity contribution >= 4 is 39.5 Å². The molecular formula is C13H17BrFNS2. The molecule has 1 aliphatic heterocycles. The van der Waals surface area contributed by atoms with E-state index in [0.717, 1.165) is 12.0 Å². The second-order valence-corrected chi connectivity index (χ2v) is 8.15. The highest BCUT2D eigenvalue weighted by atomic mass is 79.9. The molecule has 0 bridgehead atoms. The molecule has 1 saturated heterocycles. The lowest BCUT2D eigenvalue weighted by Gasteiger charge is -2.32. The Morgan fingerprint density at radius 2 is 2.17 bits per heavy atom. The molecule has 0 aromatic heterocycles. The molecule has 1 heterocycles. The predicted octanol–water partition coefficient (Wildman–Crippen LogP) is 3.70. The van der Waals surface area contributed by atoms with E-state index in [1.807, 2.05) is 35.7 Å². The summed E-state index contributed by atoms with van der Waals surface area (Å²) in [5.74, 6) is 2.18. The summed E-state index contributed by atoms with van der Waals surface area (Å²) in [7, 11) is 0. The normalized spacial score (nSPS) is 26.0. The number of thioether (sulfide) groups is 2. The van der Waals surface area contributed by atoms with Gasteiger partial charge in [-0.2, -0.15) is 23.5 Å². The van der Waals surface area contributed by atoms with E-state index in [1.165, 1.54) is 17.6 Å². The van der Waals surface area contributed by atoms with Gasteiger partial charge in [-0.25, -0.2) is 4.39 Å². The number of benzene rings is 1. The van der Waals surface area contributed by atoms with Gasteiger partial charge in [0.25, 0.3) is 0 Å². The zero-order valence-corrected chi connectivity index (χ0v) is 13.5. The highest BCUT2D eigenvalue weighted by Crippen LogP contribution is 2.33. The van der Waals surface area contributed by atoms with Crippen molar-refractivity contribution < 1.29 is 4.39 Å². The van der Waals surface area contributed by atoms with Gasteiger partial charge in [-0.1, -0.05) is 13.0 Å². The first-order valence-electron chi connectivity index (χ1n) is 6.00. The largest absolute Gasteiger partial charge is 0.326 e. The van der Waals surface area contributed by atoms with Crippen LogP contribution >= 0.6 is 39.5 Å². The topological polar surface area (TPSA) is 26.0 Å².